The normalized spacial score (nSPS) is 14.2. The number of nitrogens with two attached hydrogens (primary N) is 1. The summed E-state index contributed by atoms with van der Waals surface area (Å²) in [6, 6.07) is 3.98. The van der Waals surface area contributed by atoms with Gasteiger partial charge in [0.15, 0.2) is 0 Å². The molecule has 0 saturated carbocycles. The van der Waals surface area contributed by atoms with E-state index in [1.54, 1.807) is 0 Å². The fraction of sp³-hybridized carbons (Fsp3) is 0.364. The topological polar surface area (TPSA) is 83.2 Å². The second kappa shape index (κ2) is 4.87. The summed E-state index contributed by atoms with van der Waals surface area (Å²) < 4.78 is 10.8. The largest absolute Gasteiger partial charge is 0.462 e. The Kier molecular flexibility index (Phi) is 3.07. The van der Waals surface area contributed by atoms with E-state index in [1.165, 1.54) is 11.3 Å². The van der Waals surface area contributed by atoms with Crippen LogP contribution in [0.5, 0.6) is 5.19 Å². The van der Waals surface area contributed by atoms with Crippen LogP contribution >= 0.6 is 11.3 Å². The molecule has 0 bridgehead atoms. The Hall–Kier alpha value is -1.73. The Morgan fingerprint density at radius 3 is 3.17 bits per heavy atom. The van der Waals surface area contributed by atoms with Crippen LogP contribution in [0, 0.1) is 0 Å². The SMILES string of the molecule is Nc1nnc(OCc2ccc3c(n2)CCOC3)s1. The third-order valence-electron chi connectivity index (χ3n) is 2.63. The number of aromatic nitrogens is 3. The quantitative estimate of drug-likeness (QED) is 0.896. The first kappa shape index (κ1) is 11.4. The van der Waals surface area contributed by atoms with Crippen molar-refractivity contribution in [3.63, 3.8) is 0 Å². The van der Waals surface area contributed by atoms with Crippen molar-refractivity contribution < 1.29 is 9.47 Å². The summed E-state index contributed by atoms with van der Waals surface area (Å²) in [5.41, 5.74) is 8.61. The van der Waals surface area contributed by atoms with Crippen LogP contribution in [0.2, 0.25) is 0 Å². The number of fused-ring (bicyclic) bond motifs is 1. The molecule has 2 aromatic heterocycles. The highest BCUT2D eigenvalue weighted by Gasteiger charge is 2.11. The average molecular weight is 264 g/mol. The number of nitrogen functional groups attached to an aromatic ring is 1. The highest BCUT2D eigenvalue weighted by molar-refractivity contribution is 7.16. The minimum absolute atomic E-state index is 0.378. The summed E-state index contributed by atoms with van der Waals surface area (Å²) in [7, 11) is 0. The van der Waals surface area contributed by atoms with Gasteiger partial charge in [-0.05, 0) is 23.0 Å². The first-order chi connectivity index (χ1) is 8.81. The van der Waals surface area contributed by atoms with Crippen molar-refractivity contribution in [2.24, 2.45) is 0 Å². The highest BCUT2D eigenvalue weighted by atomic mass is 32.1. The Morgan fingerprint density at radius 2 is 2.33 bits per heavy atom. The molecule has 0 spiro atoms. The summed E-state index contributed by atoms with van der Waals surface area (Å²) in [5.74, 6) is 0. The first-order valence-corrected chi connectivity index (χ1v) is 6.40. The van der Waals surface area contributed by atoms with E-state index < -0.39 is 0 Å². The molecule has 7 heteroatoms. The number of hydrogen-bond acceptors (Lipinski definition) is 7. The molecule has 3 heterocycles. The molecule has 94 valence electrons. The van der Waals surface area contributed by atoms with Crippen molar-refractivity contribution in [3.05, 3.63) is 29.1 Å². The second-order valence-corrected chi connectivity index (χ2v) is 4.88. The van der Waals surface area contributed by atoms with Crippen molar-refractivity contribution in [2.45, 2.75) is 19.6 Å². The third-order valence-corrected chi connectivity index (χ3v) is 3.30. The molecule has 18 heavy (non-hydrogen) atoms. The van der Waals surface area contributed by atoms with Gasteiger partial charge in [0, 0.05) is 12.1 Å². The summed E-state index contributed by atoms with van der Waals surface area (Å²) in [6.45, 7) is 1.76. The van der Waals surface area contributed by atoms with Gasteiger partial charge >= 0.3 is 0 Å². The molecule has 0 atom stereocenters. The molecule has 0 radical (unpaired) electrons. The highest BCUT2D eigenvalue weighted by Crippen LogP contribution is 2.21. The molecule has 6 nitrogen and oxygen atoms in total. The van der Waals surface area contributed by atoms with Gasteiger partial charge in [0.2, 0.25) is 5.13 Å². The Balaban J connectivity index is 1.69. The van der Waals surface area contributed by atoms with Crippen molar-refractivity contribution in [1.82, 2.24) is 15.2 Å². The molecular weight excluding hydrogens is 252 g/mol. The lowest BCUT2D eigenvalue weighted by Crippen LogP contribution is -2.13. The lowest BCUT2D eigenvalue weighted by molar-refractivity contribution is 0.109. The van der Waals surface area contributed by atoms with Gasteiger partial charge in [-0.3, -0.25) is 4.98 Å². The molecule has 0 aromatic carbocycles. The molecule has 0 unspecified atom stereocenters. The van der Waals surface area contributed by atoms with Gasteiger partial charge in [-0.1, -0.05) is 11.2 Å². The van der Waals surface area contributed by atoms with Gasteiger partial charge in [-0.15, -0.1) is 5.10 Å². The number of hydrogen-bond donors (Lipinski definition) is 1. The molecule has 0 aliphatic carbocycles. The molecule has 0 saturated heterocycles. The molecule has 3 rings (SSSR count). The summed E-state index contributed by atoms with van der Waals surface area (Å²) in [6.07, 6.45) is 0.856. The maximum absolute atomic E-state index is 5.48. The van der Waals surface area contributed by atoms with E-state index in [0.29, 0.717) is 23.5 Å². The van der Waals surface area contributed by atoms with Crippen molar-refractivity contribution in [3.8, 4) is 5.19 Å². The van der Waals surface area contributed by atoms with Crippen LogP contribution in [0.3, 0.4) is 0 Å². The van der Waals surface area contributed by atoms with E-state index in [-0.39, 0.29) is 0 Å². The second-order valence-electron chi connectivity index (χ2n) is 3.91. The van der Waals surface area contributed by atoms with Crippen LogP contribution in [-0.2, 0) is 24.4 Å². The maximum Gasteiger partial charge on any atom is 0.296 e. The number of pyridine rings is 1. The Morgan fingerprint density at radius 1 is 1.39 bits per heavy atom. The molecular formula is C11H12N4O2S. The fourth-order valence-corrected chi connectivity index (χ4v) is 2.23. The number of nitrogens with zero attached hydrogens (tertiary/aromatic N) is 3. The summed E-state index contributed by atoms with van der Waals surface area (Å²) in [4.78, 5) is 4.56. The van der Waals surface area contributed by atoms with Crippen molar-refractivity contribution in [1.29, 1.82) is 0 Å². The van der Waals surface area contributed by atoms with Gasteiger partial charge in [-0.2, -0.15) is 0 Å². The first-order valence-electron chi connectivity index (χ1n) is 5.58. The van der Waals surface area contributed by atoms with Crippen molar-refractivity contribution >= 4 is 16.5 Å². The van der Waals surface area contributed by atoms with Crippen LogP contribution < -0.4 is 10.5 Å². The standard InChI is InChI=1S/C11H12N4O2S/c12-10-14-15-11(18-10)17-6-8-2-1-7-5-16-4-3-9(7)13-8/h1-2H,3-6H2,(H2,12,14). The van der Waals surface area contributed by atoms with Crippen LogP contribution in [0.15, 0.2) is 12.1 Å². The molecule has 2 aromatic rings. The van der Waals surface area contributed by atoms with E-state index in [0.717, 1.165) is 30.0 Å². The van der Waals surface area contributed by atoms with Crippen LogP contribution in [0.25, 0.3) is 0 Å². The fourth-order valence-electron chi connectivity index (χ4n) is 1.77. The zero-order valence-electron chi connectivity index (χ0n) is 9.63. The van der Waals surface area contributed by atoms with E-state index in [2.05, 4.69) is 15.2 Å². The van der Waals surface area contributed by atoms with Crippen LogP contribution in [-0.4, -0.2) is 21.8 Å². The van der Waals surface area contributed by atoms with Gasteiger partial charge in [0.1, 0.15) is 6.61 Å². The lowest BCUT2D eigenvalue weighted by atomic mass is 10.1. The summed E-state index contributed by atoms with van der Waals surface area (Å²) >= 11 is 1.22. The van der Waals surface area contributed by atoms with Crippen LogP contribution in [0.4, 0.5) is 5.13 Å². The zero-order valence-corrected chi connectivity index (χ0v) is 10.4. The van der Waals surface area contributed by atoms with E-state index in [4.69, 9.17) is 15.2 Å². The minimum atomic E-state index is 0.378. The van der Waals surface area contributed by atoms with E-state index >= 15 is 0 Å². The molecule has 1 aliphatic heterocycles. The molecule has 0 amide bonds. The number of rotatable bonds is 3. The predicted octanol–water partition coefficient (Wildman–Crippen LogP) is 1.17. The maximum atomic E-state index is 5.48. The smallest absolute Gasteiger partial charge is 0.296 e. The van der Waals surface area contributed by atoms with Gasteiger partial charge in [0.25, 0.3) is 5.19 Å². The monoisotopic (exact) mass is 264 g/mol. The molecule has 1 aliphatic rings. The van der Waals surface area contributed by atoms with Gasteiger partial charge < -0.3 is 15.2 Å². The minimum Gasteiger partial charge on any atom is -0.462 e. The molecule has 0 fully saturated rings. The zero-order chi connectivity index (χ0) is 12.4. The Labute approximate surface area is 108 Å². The lowest BCUT2D eigenvalue weighted by Gasteiger charge is -2.16. The average Bonchev–Trinajstić information content (AvgIpc) is 2.82. The third kappa shape index (κ3) is 2.41. The van der Waals surface area contributed by atoms with Crippen LogP contribution in [0.1, 0.15) is 17.0 Å². The van der Waals surface area contributed by atoms with Gasteiger partial charge in [-0.25, -0.2) is 0 Å². The predicted molar refractivity (Wildman–Crippen MR) is 66.3 cm³/mol. The van der Waals surface area contributed by atoms with E-state index in [9.17, 15) is 0 Å². The number of anilines is 1. The van der Waals surface area contributed by atoms with Gasteiger partial charge in [0.05, 0.1) is 18.9 Å². The van der Waals surface area contributed by atoms with E-state index in [1.807, 2.05) is 12.1 Å². The van der Waals surface area contributed by atoms with Crippen molar-refractivity contribution in [2.75, 3.05) is 12.3 Å². The molecule has 2 N–H and O–H groups in total. The number of ether oxygens (including phenoxy) is 2. The summed E-state index contributed by atoms with van der Waals surface area (Å²) in [5, 5.41) is 8.35. The Bertz CT molecular complexity index is 558.